The van der Waals surface area contributed by atoms with Crippen molar-refractivity contribution in [3.8, 4) is 5.75 Å². The van der Waals surface area contributed by atoms with Gasteiger partial charge in [-0.3, -0.25) is 4.79 Å². The van der Waals surface area contributed by atoms with Gasteiger partial charge in [-0.15, -0.1) is 0 Å². The van der Waals surface area contributed by atoms with Gasteiger partial charge >= 0.3 is 0 Å². The number of likely N-dealkylation sites (tertiary alicyclic amines) is 1. The number of nitrogens with zero attached hydrogens (tertiary/aromatic N) is 1. The van der Waals surface area contributed by atoms with Crippen molar-refractivity contribution in [3.05, 3.63) is 66.2 Å². The molecule has 1 aliphatic rings. The lowest BCUT2D eigenvalue weighted by Gasteiger charge is -2.33. The van der Waals surface area contributed by atoms with Crippen LogP contribution < -0.4 is 4.74 Å². The van der Waals surface area contributed by atoms with E-state index in [1.165, 1.54) is 0 Å². The molecule has 4 nitrogen and oxygen atoms in total. The number of carbonyl (C=O) groups excluding carboxylic acids is 1. The zero-order chi connectivity index (χ0) is 16.1. The van der Waals surface area contributed by atoms with Crippen molar-refractivity contribution in [2.75, 3.05) is 13.1 Å². The molecule has 1 atom stereocenters. The number of para-hydroxylation sites is 1. The number of aliphatic hydroxyl groups is 1. The van der Waals surface area contributed by atoms with E-state index in [4.69, 9.17) is 4.74 Å². The fourth-order valence-corrected chi connectivity index (χ4v) is 2.84. The summed E-state index contributed by atoms with van der Waals surface area (Å²) in [6, 6.07) is 18.8. The second-order valence-electron chi connectivity index (χ2n) is 5.77. The molecule has 1 heterocycles. The number of rotatable bonds is 4. The molecule has 0 saturated carbocycles. The van der Waals surface area contributed by atoms with E-state index in [9.17, 15) is 9.90 Å². The average Bonchev–Trinajstić information content (AvgIpc) is 2.63. The highest BCUT2D eigenvalue weighted by Crippen LogP contribution is 2.22. The minimum Gasteiger partial charge on any atom is -0.490 e. The fraction of sp³-hybridized carbons (Fsp3) is 0.316. The third-order valence-corrected chi connectivity index (χ3v) is 4.15. The van der Waals surface area contributed by atoms with Crippen molar-refractivity contribution >= 4 is 5.91 Å². The molecular weight excluding hydrogens is 290 g/mol. The second kappa shape index (κ2) is 7.29. The predicted octanol–water partition coefficient (Wildman–Crippen LogP) is 2.79. The number of carbonyl (C=O) groups is 1. The van der Waals surface area contributed by atoms with E-state index in [0.29, 0.717) is 18.7 Å². The van der Waals surface area contributed by atoms with Crippen LogP contribution in [0.4, 0.5) is 0 Å². The lowest BCUT2D eigenvalue weighted by atomic mass is 10.0. The lowest BCUT2D eigenvalue weighted by Crippen LogP contribution is -2.43. The lowest BCUT2D eigenvalue weighted by molar-refractivity contribution is -0.142. The van der Waals surface area contributed by atoms with Gasteiger partial charge in [0, 0.05) is 25.9 Å². The number of aliphatic hydroxyl groups excluding tert-OH is 1. The van der Waals surface area contributed by atoms with E-state index in [0.717, 1.165) is 18.6 Å². The summed E-state index contributed by atoms with van der Waals surface area (Å²) in [4.78, 5) is 14.1. The van der Waals surface area contributed by atoms with Gasteiger partial charge in [0.05, 0.1) is 0 Å². The molecule has 0 radical (unpaired) electrons. The number of piperidine rings is 1. The van der Waals surface area contributed by atoms with Gasteiger partial charge < -0.3 is 14.7 Å². The Morgan fingerprint density at radius 2 is 1.57 bits per heavy atom. The van der Waals surface area contributed by atoms with Gasteiger partial charge in [-0.2, -0.15) is 0 Å². The Morgan fingerprint density at radius 1 is 1.00 bits per heavy atom. The molecule has 4 heteroatoms. The van der Waals surface area contributed by atoms with Gasteiger partial charge in [0.1, 0.15) is 11.9 Å². The topological polar surface area (TPSA) is 49.8 Å². The third-order valence-electron chi connectivity index (χ3n) is 4.15. The summed E-state index contributed by atoms with van der Waals surface area (Å²) in [7, 11) is 0. The molecule has 0 aliphatic carbocycles. The molecule has 1 amide bonds. The van der Waals surface area contributed by atoms with E-state index >= 15 is 0 Å². The van der Waals surface area contributed by atoms with Gasteiger partial charge in [0.2, 0.25) is 0 Å². The smallest absolute Gasteiger partial charge is 0.256 e. The first kappa shape index (κ1) is 15.6. The molecule has 0 aromatic heterocycles. The van der Waals surface area contributed by atoms with Crippen LogP contribution in [0.25, 0.3) is 0 Å². The third kappa shape index (κ3) is 3.90. The van der Waals surface area contributed by atoms with E-state index in [1.54, 1.807) is 17.0 Å². The number of benzene rings is 2. The van der Waals surface area contributed by atoms with Gasteiger partial charge in [0.25, 0.3) is 5.91 Å². The first-order chi connectivity index (χ1) is 11.2. The zero-order valence-electron chi connectivity index (χ0n) is 13.0. The number of amides is 1. The summed E-state index contributed by atoms with van der Waals surface area (Å²) >= 11 is 0. The van der Waals surface area contributed by atoms with Gasteiger partial charge in [0.15, 0.2) is 6.10 Å². The van der Waals surface area contributed by atoms with Crippen molar-refractivity contribution in [2.45, 2.75) is 25.0 Å². The molecule has 3 rings (SSSR count). The molecule has 1 aliphatic heterocycles. The summed E-state index contributed by atoms with van der Waals surface area (Å²) < 4.78 is 5.93. The molecule has 2 aromatic carbocycles. The fourth-order valence-electron chi connectivity index (χ4n) is 2.84. The normalized spacial score (nSPS) is 16.8. The van der Waals surface area contributed by atoms with Crippen molar-refractivity contribution < 1.29 is 14.6 Å². The second-order valence-corrected chi connectivity index (χ2v) is 5.77. The van der Waals surface area contributed by atoms with Crippen molar-refractivity contribution in [3.63, 3.8) is 0 Å². The molecule has 1 N–H and O–H groups in total. The Hall–Kier alpha value is -2.33. The van der Waals surface area contributed by atoms with Crippen LogP contribution in [0.2, 0.25) is 0 Å². The molecule has 23 heavy (non-hydrogen) atoms. The summed E-state index contributed by atoms with van der Waals surface area (Å²) in [5.41, 5.74) is 0.639. The van der Waals surface area contributed by atoms with E-state index < -0.39 is 6.10 Å². The summed E-state index contributed by atoms with van der Waals surface area (Å²) in [6.45, 7) is 1.22. The van der Waals surface area contributed by atoms with Crippen LogP contribution in [-0.4, -0.2) is 35.1 Å². The van der Waals surface area contributed by atoms with Gasteiger partial charge in [-0.05, 0) is 17.7 Å². The number of hydrogen-bond acceptors (Lipinski definition) is 3. The Balaban J connectivity index is 1.53. The highest BCUT2D eigenvalue weighted by molar-refractivity contribution is 5.82. The van der Waals surface area contributed by atoms with Crippen LogP contribution in [0, 0.1) is 0 Å². The van der Waals surface area contributed by atoms with Crippen molar-refractivity contribution in [2.24, 2.45) is 0 Å². The Bertz CT molecular complexity index is 622. The van der Waals surface area contributed by atoms with E-state index in [2.05, 4.69) is 0 Å². The maximum Gasteiger partial charge on any atom is 0.256 e. The highest BCUT2D eigenvalue weighted by atomic mass is 16.5. The Labute approximate surface area is 136 Å². The molecule has 120 valence electrons. The minimum absolute atomic E-state index is 0.121. The summed E-state index contributed by atoms with van der Waals surface area (Å²) in [6.07, 6.45) is 0.600. The molecule has 2 aromatic rings. The van der Waals surface area contributed by atoms with Gasteiger partial charge in [-0.25, -0.2) is 0 Å². The van der Waals surface area contributed by atoms with Crippen LogP contribution in [0.15, 0.2) is 60.7 Å². The molecule has 1 unspecified atom stereocenters. The highest BCUT2D eigenvalue weighted by Gasteiger charge is 2.28. The molecular formula is C19H21NO3. The summed E-state index contributed by atoms with van der Waals surface area (Å²) in [5, 5.41) is 10.2. The van der Waals surface area contributed by atoms with E-state index in [-0.39, 0.29) is 12.0 Å². The molecule has 0 spiro atoms. The van der Waals surface area contributed by atoms with Crippen LogP contribution >= 0.6 is 0 Å². The SMILES string of the molecule is O=C(C(O)c1ccccc1)N1CCC(Oc2ccccc2)CC1. The van der Waals surface area contributed by atoms with Crippen LogP contribution in [0.1, 0.15) is 24.5 Å². The predicted molar refractivity (Wildman–Crippen MR) is 88.1 cm³/mol. The van der Waals surface area contributed by atoms with Gasteiger partial charge in [-0.1, -0.05) is 48.5 Å². The number of hydrogen-bond donors (Lipinski definition) is 1. The van der Waals surface area contributed by atoms with Crippen LogP contribution in [0.3, 0.4) is 0 Å². The Kier molecular flexibility index (Phi) is 4.93. The molecule has 0 bridgehead atoms. The Morgan fingerprint density at radius 3 is 2.17 bits per heavy atom. The quantitative estimate of drug-likeness (QED) is 0.944. The van der Waals surface area contributed by atoms with Crippen LogP contribution in [-0.2, 0) is 4.79 Å². The number of ether oxygens (including phenoxy) is 1. The summed E-state index contributed by atoms with van der Waals surface area (Å²) in [5.74, 6) is 0.635. The largest absolute Gasteiger partial charge is 0.490 e. The maximum absolute atomic E-state index is 12.4. The maximum atomic E-state index is 12.4. The van der Waals surface area contributed by atoms with E-state index in [1.807, 2.05) is 48.5 Å². The first-order valence-electron chi connectivity index (χ1n) is 7.97. The standard InChI is InChI=1S/C19H21NO3/c21-18(15-7-3-1-4-8-15)19(22)20-13-11-17(12-14-20)23-16-9-5-2-6-10-16/h1-10,17-18,21H,11-14H2. The van der Waals surface area contributed by atoms with Crippen molar-refractivity contribution in [1.82, 2.24) is 4.90 Å². The zero-order valence-corrected chi connectivity index (χ0v) is 13.0. The first-order valence-corrected chi connectivity index (χ1v) is 7.97. The molecule has 1 saturated heterocycles. The monoisotopic (exact) mass is 311 g/mol. The average molecular weight is 311 g/mol. The minimum atomic E-state index is -1.08. The van der Waals surface area contributed by atoms with Crippen molar-refractivity contribution in [1.29, 1.82) is 0 Å². The van der Waals surface area contributed by atoms with Crippen LogP contribution in [0.5, 0.6) is 5.75 Å². The molecule has 1 fully saturated rings.